The van der Waals surface area contributed by atoms with Crippen molar-refractivity contribution in [2.75, 3.05) is 26.0 Å². The molecule has 126 valence electrons. The van der Waals surface area contributed by atoms with E-state index < -0.39 is 11.4 Å². The van der Waals surface area contributed by atoms with Crippen molar-refractivity contribution in [3.05, 3.63) is 52.7 Å². The van der Waals surface area contributed by atoms with Crippen LogP contribution in [0.4, 0.5) is 10.1 Å². The predicted molar refractivity (Wildman–Crippen MR) is 85.9 cm³/mol. The highest BCUT2D eigenvalue weighted by Gasteiger charge is 2.08. The van der Waals surface area contributed by atoms with Gasteiger partial charge in [-0.2, -0.15) is 0 Å². The molecule has 2 aromatic rings. The minimum atomic E-state index is -0.664. The van der Waals surface area contributed by atoms with Crippen molar-refractivity contribution in [2.45, 2.75) is 0 Å². The van der Waals surface area contributed by atoms with Crippen molar-refractivity contribution >= 4 is 18.0 Å². The van der Waals surface area contributed by atoms with Crippen LogP contribution in [0.1, 0.15) is 0 Å². The zero-order valence-corrected chi connectivity index (χ0v) is 13.2. The Morgan fingerprint density at radius 3 is 2.67 bits per heavy atom. The summed E-state index contributed by atoms with van der Waals surface area (Å²) >= 11 is 0. The molecule has 1 N–H and O–H groups in total. The van der Waals surface area contributed by atoms with Gasteiger partial charge in [-0.05, 0) is 18.2 Å². The molecule has 1 aromatic heterocycles. The average molecular weight is 333 g/mol. The number of carbonyl (C=O) groups is 2. The topological polar surface area (TPSA) is 80.6 Å². The number of hydrogen-bond donors (Lipinski definition) is 1. The lowest BCUT2D eigenvalue weighted by Gasteiger charge is -2.12. The summed E-state index contributed by atoms with van der Waals surface area (Å²) in [4.78, 5) is 35.3. The fraction of sp³-hybridized carbons (Fsp3) is 0.188. The Balaban J connectivity index is 2.21. The van der Waals surface area contributed by atoms with Gasteiger partial charge in [0, 0.05) is 32.4 Å². The number of ether oxygens (including phenoxy) is 1. The van der Waals surface area contributed by atoms with Gasteiger partial charge >= 0.3 is 0 Å². The molecule has 2 amide bonds. The molecule has 1 heterocycles. The Labute approximate surface area is 137 Å². The summed E-state index contributed by atoms with van der Waals surface area (Å²) in [5, 5.41) is 2.22. The monoisotopic (exact) mass is 333 g/mol. The molecule has 0 radical (unpaired) electrons. The standard InChI is InChI=1S/C16H16FN3O4/c1-19(2)16(23)9-24-12-5-6-20(15(22)8-12)11-3-4-14(18-10-21)13(17)7-11/h3-8,10H,9H2,1-2H3,(H,18,21). The molecule has 2 rings (SSSR count). The fourth-order valence-electron chi connectivity index (χ4n) is 1.87. The summed E-state index contributed by atoms with van der Waals surface area (Å²) < 4.78 is 20.3. The second-order valence-corrected chi connectivity index (χ2v) is 5.07. The van der Waals surface area contributed by atoms with Gasteiger partial charge in [-0.1, -0.05) is 0 Å². The summed E-state index contributed by atoms with van der Waals surface area (Å²) in [7, 11) is 3.20. The van der Waals surface area contributed by atoms with E-state index in [0.29, 0.717) is 12.1 Å². The van der Waals surface area contributed by atoms with Gasteiger partial charge in [0.1, 0.15) is 11.6 Å². The van der Waals surface area contributed by atoms with E-state index in [2.05, 4.69) is 5.32 Å². The van der Waals surface area contributed by atoms with Gasteiger partial charge in [0.15, 0.2) is 6.61 Å². The highest BCUT2D eigenvalue weighted by molar-refractivity contribution is 5.77. The first-order valence-corrected chi connectivity index (χ1v) is 6.98. The van der Waals surface area contributed by atoms with E-state index in [4.69, 9.17) is 4.74 Å². The molecule has 0 saturated carbocycles. The van der Waals surface area contributed by atoms with E-state index in [0.717, 1.165) is 6.07 Å². The maximum absolute atomic E-state index is 13.8. The van der Waals surface area contributed by atoms with Crippen LogP contribution in [0.3, 0.4) is 0 Å². The summed E-state index contributed by atoms with van der Waals surface area (Å²) in [5.41, 5.74) is -0.130. The van der Waals surface area contributed by atoms with Crippen molar-refractivity contribution in [2.24, 2.45) is 0 Å². The van der Waals surface area contributed by atoms with E-state index in [1.807, 2.05) is 0 Å². The maximum Gasteiger partial charge on any atom is 0.259 e. The number of halogens is 1. The number of hydrogen-bond acceptors (Lipinski definition) is 4. The second-order valence-electron chi connectivity index (χ2n) is 5.07. The molecule has 24 heavy (non-hydrogen) atoms. The van der Waals surface area contributed by atoms with Crippen LogP contribution in [-0.4, -0.2) is 42.5 Å². The molecule has 0 fully saturated rings. The molecular weight excluding hydrogens is 317 g/mol. The van der Waals surface area contributed by atoms with Crippen molar-refractivity contribution in [1.82, 2.24) is 9.47 Å². The molecule has 0 saturated heterocycles. The van der Waals surface area contributed by atoms with E-state index in [-0.39, 0.29) is 24.0 Å². The molecule has 0 aliphatic carbocycles. The largest absolute Gasteiger partial charge is 0.484 e. The number of rotatable bonds is 6. The number of amides is 2. The lowest BCUT2D eigenvalue weighted by molar-refractivity contribution is -0.130. The minimum Gasteiger partial charge on any atom is -0.484 e. The fourth-order valence-corrected chi connectivity index (χ4v) is 1.87. The van der Waals surface area contributed by atoms with Crippen LogP contribution in [-0.2, 0) is 9.59 Å². The normalized spacial score (nSPS) is 10.1. The summed E-state index contributed by atoms with van der Waals surface area (Å²) in [6.45, 7) is -0.183. The quantitative estimate of drug-likeness (QED) is 0.800. The molecule has 0 atom stereocenters. The molecule has 0 spiro atoms. The van der Waals surface area contributed by atoms with Gasteiger partial charge in [-0.3, -0.25) is 19.0 Å². The first-order valence-electron chi connectivity index (χ1n) is 6.98. The number of nitrogens with zero attached hydrogens (tertiary/aromatic N) is 2. The molecule has 7 nitrogen and oxygen atoms in total. The van der Waals surface area contributed by atoms with Gasteiger partial charge in [-0.25, -0.2) is 4.39 Å². The SMILES string of the molecule is CN(C)C(=O)COc1ccn(-c2ccc(NC=O)c(F)c2)c(=O)c1. The van der Waals surface area contributed by atoms with E-state index >= 15 is 0 Å². The zero-order chi connectivity index (χ0) is 17.7. The van der Waals surface area contributed by atoms with Crippen LogP contribution >= 0.6 is 0 Å². The first kappa shape index (κ1) is 17.2. The molecule has 8 heteroatoms. The zero-order valence-electron chi connectivity index (χ0n) is 13.2. The van der Waals surface area contributed by atoms with Crippen molar-refractivity contribution < 1.29 is 18.7 Å². The van der Waals surface area contributed by atoms with Crippen LogP contribution in [0.15, 0.2) is 41.3 Å². The number of anilines is 1. The second kappa shape index (κ2) is 7.40. The number of carbonyl (C=O) groups excluding carboxylic acids is 2. The number of likely N-dealkylation sites (N-methyl/N-ethyl adjacent to an activating group) is 1. The lowest BCUT2D eigenvalue weighted by atomic mass is 10.2. The summed E-state index contributed by atoms with van der Waals surface area (Å²) in [6.07, 6.45) is 1.78. The molecule has 0 aliphatic heterocycles. The third-order valence-electron chi connectivity index (χ3n) is 3.20. The summed E-state index contributed by atoms with van der Waals surface area (Å²) in [5.74, 6) is -0.658. The average Bonchev–Trinajstić information content (AvgIpc) is 2.54. The van der Waals surface area contributed by atoms with E-state index in [1.165, 1.54) is 39.9 Å². The highest BCUT2D eigenvalue weighted by Crippen LogP contribution is 2.17. The maximum atomic E-state index is 13.8. The van der Waals surface area contributed by atoms with E-state index in [9.17, 15) is 18.8 Å². The van der Waals surface area contributed by atoms with Crippen molar-refractivity contribution in [3.8, 4) is 11.4 Å². The lowest BCUT2D eigenvalue weighted by Crippen LogP contribution is -2.28. The number of benzene rings is 1. The Morgan fingerprint density at radius 1 is 1.33 bits per heavy atom. The molecule has 0 bridgehead atoms. The van der Waals surface area contributed by atoms with Gasteiger partial charge < -0.3 is 15.0 Å². The summed E-state index contributed by atoms with van der Waals surface area (Å²) in [6, 6.07) is 6.68. The molecule has 1 aromatic carbocycles. The third kappa shape index (κ3) is 3.97. The van der Waals surface area contributed by atoms with Gasteiger partial charge in [0.2, 0.25) is 6.41 Å². The number of pyridine rings is 1. The van der Waals surface area contributed by atoms with Crippen LogP contribution in [0.2, 0.25) is 0 Å². The first-order chi connectivity index (χ1) is 11.4. The van der Waals surface area contributed by atoms with Crippen molar-refractivity contribution in [3.63, 3.8) is 0 Å². The Morgan fingerprint density at radius 2 is 2.08 bits per heavy atom. The van der Waals surface area contributed by atoms with Gasteiger partial charge in [0.25, 0.3) is 11.5 Å². The van der Waals surface area contributed by atoms with Crippen LogP contribution in [0.25, 0.3) is 5.69 Å². The van der Waals surface area contributed by atoms with Gasteiger partial charge in [0.05, 0.1) is 11.4 Å². The van der Waals surface area contributed by atoms with Crippen molar-refractivity contribution in [1.29, 1.82) is 0 Å². The Bertz CT molecular complexity index is 817. The van der Waals surface area contributed by atoms with Crippen LogP contribution in [0.5, 0.6) is 5.75 Å². The number of aromatic nitrogens is 1. The Kier molecular flexibility index (Phi) is 5.31. The Hall–Kier alpha value is -3.16. The number of nitrogens with one attached hydrogen (secondary N) is 1. The van der Waals surface area contributed by atoms with Crippen LogP contribution < -0.4 is 15.6 Å². The van der Waals surface area contributed by atoms with E-state index in [1.54, 1.807) is 14.1 Å². The highest BCUT2D eigenvalue weighted by atomic mass is 19.1. The smallest absolute Gasteiger partial charge is 0.259 e. The third-order valence-corrected chi connectivity index (χ3v) is 3.20. The molecular formula is C16H16FN3O4. The van der Waals surface area contributed by atoms with Crippen LogP contribution in [0, 0.1) is 5.82 Å². The predicted octanol–water partition coefficient (Wildman–Crippen LogP) is 1.01. The molecule has 0 aliphatic rings. The molecule has 0 unspecified atom stereocenters. The van der Waals surface area contributed by atoms with Gasteiger partial charge in [-0.15, -0.1) is 0 Å². The minimum absolute atomic E-state index is 0.0175.